The van der Waals surface area contributed by atoms with Crippen LogP contribution in [-0.2, 0) is 0 Å². The van der Waals surface area contributed by atoms with Crippen LogP contribution < -0.4 is 0 Å². The molecule has 0 aromatic rings. The fourth-order valence-electron chi connectivity index (χ4n) is 1.67. The number of hydrogen-bond donors (Lipinski definition) is 0. The van der Waals surface area contributed by atoms with Crippen molar-refractivity contribution in [3.05, 3.63) is 0 Å². The summed E-state index contributed by atoms with van der Waals surface area (Å²) in [6.07, 6.45) is -8.63. The number of quaternary nitrogens is 2. The van der Waals surface area contributed by atoms with Gasteiger partial charge in [0.15, 0.2) is 13.1 Å². The highest BCUT2D eigenvalue weighted by Crippen LogP contribution is 2.21. The second-order valence-corrected chi connectivity index (χ2v) is 5.87. The van der Waals surface area contributed by atoms with Gasteiger partial charge in [-0.3, -0.25) is 0 Å². The Hall–Kier alpha value is -0.500. The van der Waals surface area contributed by atoms with Crippen LogP contribution in [0.25, 0.3) is 0 Å². The summed E-state index contributed by atoms with van der Waals surface area (Å²) in [6.45, 7) is -2.02. The Bertz CT molecular complexity index is 239. The lowest BCUT2D eigenvalue weighted by Gasteiger charge is -2.36. The van der Waals surface area contributed by atoms with Crippen molar-refractivity contribution in [2.24, 2.45) is 0 Å². The normalized spacial score (nSPS) is 15.0. The molecule has 0 aliphatic heterocycles. The van der Waals surface area contributed by atoms with Crippen molar-refractivity contribution >= 4 is 0 Å². The fraction of sp³-hybridized carbons (Fsp3) is 1.00. The minimum Gasteiger partial charge on any atom is -0.316 e. The van der Waals surface area contributed by atoms with E-state index in [1.54, 1.807) is 0 Å². The van der Waals surface area contributed by atoms with Crippen molar-refractivity contribution in [3.8, 4) is 0 Å². The molecule has 2 nitrogen and oxygen atoms in total. The first kappa shape index (κ1) is 17.5. The zero-order chi connectivity index (χ0) is 14.8. The van der Waals surface area contributed by atoms with Crippen LogP contribution >= 0.6 is 0 Å². The fourth-order valence-corrected chi connectivity index (χ4v) is 1.67. The molecule has 0 aromatic carbocycles. The lowest BCUT2D eigenvalue weighted by molar-refractivity contribution is -0.954. The molecule has 0 rings (SSSR count). The molecule has 18 heavy (non-hydrogen) atoms. The first-order valence-corrected chi connectivity index (χ1v) is 5.39. The third kappa shape index (κ3) is 9.52. The van der Waals surface area contributed by atoms with Gasteiger partial charge in [-0.2, -0.15) is 26.3 Å². The Balaban J connectivity index is 4.38. The van der Waals surface area contributed by atoms with E-state index in [9.17, 15) is 26.3 Å². The van der Waals surface area contributed by atoms with Gasteiger partial charge in [0, 0.05) is 0 Å². The molecule has 0 fully saturated rings. The molecule has 110 valence electrons. The summed E-state index contributed by atoms with van der Waals surface area (Å²) in [7, 11) is 5.45. The van der Waals surface area contributed by atoms with Gasteiger partial charge in [-0.05, 0) is 0 Å². The van der Waals surface area contributed by atoms with Crippen molar-refractivity contribution in [1.29, 1.82) is 0 Å². The maximum absolute atomic E-state index is 12.2. The maximum atomic E-state index is 12.2. The highest BCUT2D eigenvalue weighted by Gasteiger charge is 2.41. The topological polar surface area (TPSA) is 0 Å². The van der Waals surface area contributed by atoms with Gasteiger partial charge < -0.3 is 8.97 Å². The predicted octanol–water partition coefficient (Wildman–Crippen LogP) is 2.26. The minimum absolute atomic E-state index is 0.0303. The Kier molecular flexibility index (Phi) is 5.10. The second kappa shape index (κ2) is 5.24. The average Bonchev–Trinajstić information content (AvgIpc) is 1.91. The van der Waals surface area contributed by atoms with Crippen molar-refractivity contribution in [3.63, 3.8) is 0 Å². The van der Waals surface area contributed by atoms with Crippen LogP contribution in [0.1, 0.15) is 0 Å². The van der Waals surface area contributed by atoms with E-state index in [1.165, 1.54) is 28.2 Å². The minimum atomic E-state index is -4.31. The van der Waals surface area contributed by atoms with E-state index >= 15 is 0 Å². The predicted molar refractivity (Wildman–Crippen MR) is 55.8 cm³/mol. The molecule has 0 aliphatic carbocycles. The Labute approximate surface area is 103 Å². The van der Waals surface area contributed by atoms with Gasteiger partial charge in [-0.15, -0.1) is 0 Å². The number of nitrogens with zero attached hydrogens (tertiary/aromatic N) is 2. The zero-order valence-electron chi connectivity index (χ0n) is 11.0. The molecule has 0 radical (unpaired) electrons. The molecule has 0 bridgehead atoms. The zero-order valence-corrected chi connectivity index (χ0v) is 11.0. The molecule has 0 heterocycles. The summed E-state index contributed by atoms with van der Waals surface area (Å²) in [5.41, 5.74) is 0. The van der Waals surface area contributed by atoms with Crippen molar-refractivity contribution in [2.45, 2.75) is 12.4 Å². The van der Waals surface area contributed by atoms with Gasteiger partial charge in [0.2, 0.25) is 0 Å². The smallest absolute Gasteiger partial charge is 0.316 e. The van der Waals surface area contributed by atoms with E-state index in [0.29, 0.717) is 0 Å². The van der Waals surface area contributed by atoms with Gasteiger partial charge in [0.1, 0.15) is 13.1 Å². The Morgan fingerprint density at radius 3 is 1.00 bits per heavy atom. The lowest BCUT2D eigenvalue weighted by Crippen LogP contribution is -2.55. The molecule has 0 aliphatic rings. The van der Waals surface area contributed by atoms with Crippen LogP contribution in [0, 0.1) is 0 Å². The third-order valence-corrected chi connectivity index (χ3v) is 2.53. The summed E-state index contributed by atoms with van der Waals surface area (Å²) < 4.78 is 72.7. The molecule has 0 aromatic heterocycles. The van der Waals surface area contributed by atoms with Crippen LogP contribution in [0.3, 0.4) is 0 Å². The third-order valence-electron chi connectivity index (χ3n) is 2.53. The molecule has 0 unspecified atom stereocenters. The van der Waals surface area contributed by atoms with Crippen LogP contribution in [0.4, 0.5) is 26.3 Å². The van der Waals surface area contributed by atoms with Gasteiger partial charge in [0.05, 0.1) is 28.2 Å². The van der Waals surface area contributed by atoms with Gasteiger partial charge in [0.25, 0.3) is 0 Å². The van der Waals surface area contributed by atoms with Gasteiger partial charge in [-0.25, -0.2) is 0 Å². The molecular weight excluding hydrogens is 262 g/mol. The highest BCUT2D eigenvalue weighted by molar-refractivity contribution is 4.50. The van der Waals surface area contributed by atoms with E-state index in [2.05, 4.69) is 0 Å². The molecule has 0 amide bonds. The SMILES string of the molecule is C[N+](C)(CC[N+](C)(C)CC(F)(F)F)CC(F)(F)F. The Morgan fingerprint density at radius 2 is 0.833 bits per heavy atom. The van der Waals surface area contributed by atoms with E-state index in [-0.39, 0.29) is 22.1 Å². The average molecular weight is 282 g/mol. The summed E-state index contributed by atoms with van der Waals surface area (Å²) in [5, 5.41) is 0. The summed E-state index contributed by atoms with van der Waals surface area (Å²) in [5.74, 6) is 0. The maximum Gasteiger partial charge on any atom is 0.438 e. The van der Waals surface area contributed by atoms with Crippen molar-refractivity contribution < 1.29 is 35.3 Å². The number of likely N-dealkylation sites (N-methyl/N-ethyl adjacent to an activating group) is 2. The van der Waals surface area contributed by atoms with E-state index in [4.69, 9.17) is 0 Å². The molecular formula is C10H20F6N2+2. The van der Waals surface area contributed by atoms with E-state index < -0.39 is 25.4 Å². The van der Waals surface area contributed by atoms with Crippen molar-refractivity contribution in [1.82, 2.24) is 0 Å². The highest BCUT2D eigenvalue weighted by atomic mass is 19.4. The lowest BCUT2D eigenvalue weighted by atomic mass is 10.3. The summed E-state index contributed by atoms with van der Waals surface area (Å²) in [4.78, 5) is 0. The van der Waals surface area contributed by atoms with Crippen LogP contribution in [0.15, 0.2) is 0 Å². The van der Waals surface area contributed by atoms with Gasteiger partial charge in [-0.1, -0.05) is 0 Å². The molecule has 8 heteroatoms. The molecule has 0 saturated heterocycles. The molecule has 0 spiro atoms. The first-order chi connectivity index (χ1) is 7.62. The molecule has 0 N–H and O–H groups in total. The monoisotopic (exact) mass is 282 g/mol. The Morgan fingerprint density at radius 1 is 0.611 bits per heavy atom. The molecule has 0 atom stereocenters. The first-order valence-electron chi connectivity index (χ1n) is 5.39. The van der Waals surface area contributed by atoms with Gasteiger partial charge >= 0.3 is 12.4 Å². The van der Waals surface area contributed by atoms with E-state index in [0.717, 1.165) is 0 Å². The van der Waals surface area contributed by atoms with Crippen molar-refractivity contribution in [2.75, 3.05) is 54.4 Å². The summed E-state index contributed by atoms with van der Waals surface area (Å²) in [6, 6.07) is 0. The second-order valence-electron chi connectivity index (χ2n) is 5.87. The largest absolute Gasteiger partial charge is 0.438 e. The van der Waals surface area contributed by atoms with Crippen LogP contribution in [0.5, 0.6) is 0 Å². The molecule has 0 saturated carbocycles. The van der Waals surface area contributed by atoms with E-state index in [1.807, 2.05) is 0 Å². The number of halogens is 6. The number of alkyl halides is 6. The number of rotatable bonds is 5. The van der Waals surface area contributed by atoms with Crippen LogP contribution in [-0.4, -0.2) is 75.7 Å². The summed E-state index contributed by atoms with van der Waals surface area (Å²) >= 11 is 0. The van der Waals surface area contributed by atoms with Crippen LogP contribution in [0.2, 0.25) is 0 Å². The standard InChI is InChI=1S/C10H20F6N2/c1-17(2,7-9(11,12)13)5-6-18(3,4)8-10(14,15)16/h5-8H2,1-4H3/q+2. The quantitative estimate of drug-likeness (QED) is 0.536. The number of hydrogen-bond acceptors (Lipinski definition) is 0.